The van der Waals surface area contributed by atoms with E-state index < -0.39 is 17.3 Å². The SMILES string of the molecule is CSC(=S)NC[C@H]1CN(c2ccc(C3(C#N)CC3)c(F)c2)C(=O)O1. The van der Waals surface area contributed by atoms with Crippen LogP contribution in [0.5, 0.6) is 0 Å². The van der Waals surface area contributed by atoms with E-state index in [-0.39, 0.29) is 6.10 Å². The van der Waals surface area contributed by atoms with Gasteiger partial charge in [0.15, 0.2) is 0 Å². The smallest absolute Gasteiger partial charge is 0.414 e. The topological polar surface area (TPSA) is 65.4 Å². The zero-order valence-electron chi connectivity index (χ0n) is 13.0. The Morgan fingerprint density at radius 2 is 2.38 bits per heavy atom. The summed E-state index contributed by atoms with van der Waals surface area (Å²) >= 11 is 6.46. The van der Waals surface area contributed by atoms with Crippen molar-refractivity contribution in [3.63, 3.8) is 0 Å². The fourth-order valence-electron chi connectivity index (χ4n) is 2.73. The van der Waals surface area contributed by atoms with Gasteiger partial charge in [-0.2, -0.15) is 5.26 Å². The first kappa shape index (κ1) is 17.0. The number of nitrogens with one attached hydrogen (secondary N) is 1. The van der Waals surface area contributed by atoms with Crippen LogP contribution in [0, 0.1) is 17.1 Å². The lowest BCUT2D eigenvalue weighted by atomic mass is 9.97. The van der Waals surface area contributed by atoms with E-state index in [4.69, 9.17) is 17.0 Å². The standard InChI is InChI=1S/C16H16FN3O2S2/c1-24-14(23)19-7-11-8-20(15(21)22-11)10-2-3-12(13(17)6-10)16(9-18)4-5-16/h2-3,6,11H,4-5,7-8H2,1H3,(H,19,23)/t11-/m0/s1. The summed E-state index contributed by atoms with van der Waals surface area (Å²) in [6.45, 7) is 0.741. The summed E-state index contributed by atoms with van der Waals surface area (Å²) < 4.78 is 20.3. The number of amides is 1. The number of benzene rings is 1. The molecule has 0 bridgehead atoms. The van der Waals surface area contributed by atoms with E-state index >= 15 is 0 Å². The Bertz CT molecular complexity index is 731. The van der Waals surface area contributed by atoms with Crippen LogP contribution in [0.2, 0.25) is 0 Å². The maximum atomic E-state index is 14.4. The molecule has 2 aliphatic rings. The molecule has 1 N–H and O–H groups in total. The number of nitrogens with zero attached hydrogens (tertiary/aromatic N) is 2. The number of thioether (sulfide) groups is 1. The maximum absolute atomic E-state index is 14.4. The molecule has 0 radical (unpaired) electrons. The minimum absolute atomic E-state index is 0.324. The van der Waals surface area contributed by atoms with Crippen LogP contribution >= 0.6 is 24.0 Å². The van der Waals surface area contributed by atoms with E-state index in [1.54, 1.807) is 12.1 Å². The van der Waals surface area contributed by atoms with Crippen molar-refractivity contribution in [1.82, 2.24) is 5.32 Å². The monoisotopic (exact) mass is 365 g/mol. The van der Waals surface area contributed by atoms with Crippen molar-refractivity contribution in [3.8, 4) is 6.07 Å². The number of cyclic esters (lactones) is 1. The molecule has 3 rings (SSSR count). The van der Waals surface area contributed by atoms with Gasteiger partial charge in [0.1, 0.15) is 16.2 Å². The summed E-state index contributed by atoms with van der Waals surface area (Å²) in [6.07, 6.45) is 2.36. The predicted octanol–water partition coefficient (Wildman–Crippen LogP) is 2.94. The number of hydrogen-bond donors (Lipinski definition) is 1. The molecule has 1 saturated carbocycles. The average Bonchev–Trinajstić information content (AvgIpc) is 3.29. The lowest BCUT2D eigenvalue weighted by Gasteiger charge is -2.15. The quantitative estimate of drug-likeness (QED) is 0.828. The fourth-order valence-corrected chi connectivity index (χ4v) is 3.05. The van der Waals surface area contributed by atoms with Crippen molar-refractivity contribution in [1.29, 1.82) is 5.26 Å². The van der Waals surface area contributed by atoms with Crippen LogP contribution in [0.3, 0.4) is 0 Å². The van der Waals surface area contributed by atoms with E-state index in [2.05, 4.69) is 11.4 Å². The number of carbonyl (C=O) groups excluding carboxylic acids is 1. The molecular weight excluding hydrogens is 349 g/mol. The van der Waals surface area contributed by atoms with E-state index in [1.165, 1.54) is 22.7 Å². The minimum atomic E-state index is -0.686. The third-order valence-electron chi connectivity index (χ3n) is 4.28. The Labute approximate surface area is 149 Å². The van der Waals surface area contributed by atoms with Crippen molar-refractivity contribution in [2.45, 2.75) is 24.4 Å². The first-order chi connectivity index (χ1) is 11.5. The normalized spacial score (nSPS) is 21.1. The fraction of sp³-hybridized carbons (Fsp3) is 0.438. The molecule has 0 spiro atoms. The molecule has 0 aromatic heterocycles. The lowest BCUT2D eigenvalue weighted by molar-refractivity contribution is 0.143. The second-order valence-corrected chi connectivity index (χ2v) is 7.33. The highest BCUT2D eigenvalue weighted by Gasteiger charge is 2.47. The van der Waals surface area contributed by atoms with Crippen molar-refractivity contribution in [2.24, 2.45) is 0 Å². The van der Waals surface area contributed by atoms with Crippen LogP contribution in [0.15, 0.2) is 18.2 Å². The molecule has 1 amide bonds. The number of carbonyl (C=O) groups is 1. The third kappa shape index (κ3) is 3.19. The number of anilines is 1. The molecular formula is C16H16FN3O2S2. The highest BCUT2D eigenvalue weighted by Crippen LogP contribution is 2.48. The summed E-state index contributed by atoms with van der Waals surface area (Å²) in [7, 11) is 0. The second-order valence-electron chi connectivity index (χ2n) is 5.85. The molecule has 1 aliphatic heterocycles. The Morgan fingerprint density at radius 1 is 1.62 bits per heavy atom. The first-order valence-electron chi connectivity index (χ1n) is 7.50. The summed E-state index contributed by atoms with van der Waals surface area (Å²) in [5.41, 5.74) is 0.156. The second kappa shape index (κ2) is 6.57. The number of thiocarbonyl (C=S) groups is 1. The maximum Gasteiger partial charge on any atom is 0.414 e. The van der Waals surface area contributed by atoms with Crippen LogP contribution < -0.4 is 10.2 Å². The lowest BCUT2D eigenvalue weighted by Crippen LogP contribution is -2.32. The largest absolute Gasteiger partial charge is 0.442 e. The molecule has 0 unspecified atom stereocenters. The van der Waals surface area contributed by atoms with Crippen LogP contribution in [0.1, 0.15) is 18.4 Å². The zero-order valence-corrected chi connectivity index (χ0v) is 14.7. The van der Waals surface area contributed by atoms with Crippen LogP contribution in [-0.4, -0.2) is 35.9 Å². The van der Waals surface area contributed by atoms with E-state index in [0.29, 0.717) is 41.5 Å². The molecule has 5 nitrogen and oxygen atoms in total. The van der Waals surface area contributed by atoms with Gasteiger partial charge in [0, 0.05) is 5.56 Å². The molecule has 24 heavy (non-hydrogen) atoms. The number of hydrogen-bond acceptors (Lipinski definition) is 5. The van der Waals surface area contributed by atoms with Crippen LogP contribution in [-0.2, 0) is 10.2 Å². The van der Waals surface area contributed by atoms with Gasteiger partial charge in [0.25, 0.3) is 0 Å². The van der Waals surface area contributed by atoms with Gasteiger partial charge >= 0.3 is 6.09 Å². The number of rotatable bonds is 4. The molecule has 8 heteroatoms. The molecule has 1 atom stereocenters. The Kier molecular flexibility index (Phi) is 4.65. The molecule has 1 saturated heterocycles. The summed E-state index contributed by atoms with van der Waals surface area (Å²) in [4.78, 5) is 13.4. The van der Waals surface area contributed by atoms with Gasteiger partial charge in [-0.1, -0.05) is 18.3 Å². The van der Waals surface area contributed by atoms with Crippen molar-refractivity contribution < 1.29 is 13.9 Å². The Balaban J connectivity index is 1.71. The van der Waals surface area contributed by atoms with Crippen molar-refractivity contribution in [3.05, 3.63) is 29.6 Å². The zero-order chi connectivity index (χ0) is 17.3. The predicted molar refractivity (Wildman–Crippen MR) is 94.7 cm³/mol. The molecule has 1 heterocycles. The van der Waals surface area contributed by atoms with Crippen molar-refractivity contribution >= 4 is 40.1 Å². The van der Waals surface area contributed by atoms with Gasteiger partial charge in [-0.05, 0) is 31.2 Å². The summed E-state index contributed by atoms with van der Waals surface area (Å²) in [6, 6.07) is 6.75. The van der Waals surface area contributed by atoms with Gasteiger partial charge in [0.2, 0.25) is 0 Å². The van der Waals surface area contributed by atoms with Crippen molar-refractivity contribution in [2.75, 3.05) is 24.2 Å². The highest BCUT2D eigenvalue weighted by molar-refractivity contribution is 8.22. The van der Waals surface area contributed by atoms with Gasteiger partial charge in [-0.3, -0.25) is 4.90 Å². The van der Waals surface area contributed by atoms with E-state index in [0.717, 1.165) is 0 Å². The number of halogens is 1. The first-order valence-corrected chi connectivity index (χ1v) is 9.13. The van der Waals surface area contributed by atoms with Gasteiger partial charge in [-0.15, -0.1) is 11.8 Å². The summed E-state index contributed by atoms with van der Waals surface area (Å²) in [5.74, 6) is -0.454. The molecule has 1 aliphatic carbocycles. The average molecular weight is 365 g/mol. The Morgan fingerprint density at radius 3 is 2.96 bits per heavy atom. The number of ether oxygens (including phenoxy) is 1. The van der Waals surface area contributed by atoms with Gasteiger partial charge in [-0.25, -0.2) is 9.18 Å². The number of nitriles is 1. The van der Waals surface area contributed by atoms with Crippen LogP contribution in [0.4, 0.5) is 14.9 Å². The van der Waals surface area contributed by atoms with Gasteiger partial charge in [0.05, 0.1) is 30.3 Å². The van der Waals surface area contributed by atoms with Crippen LogP contribution in [0.25, 0.3) is 0 Å². The summed E-state index contributed by atoms with van der Waals surface area (Å²) in [5, 5.41) is 12.2. The van der Waals surface area contributed by atoms with Gasteiger partial charge < -0.3 is 10.1 Å². The van der Waals surface area contributed by atoms with E-state index in [9.17, 15) is 14.4 Å². The molecule has 1 aromatic rings. The minimum Gasteiger partial charge on any atom is -0.442 e. The Hall–Kier alpha value is -1.85. The highest BCUT2D eigenvalue weighted by atomic mass is 32.2. The third-order valence-corrected chi connectivity index (χ3v) is 5.44. The molecule has 126 valence electrons. The molecule has 2 fully saturated rings. The van der Waals surface area contributed by atoms with E-state index in [1.807, 2.05) is 6.26 Å². The molecule has 1 aromatic carbocycles.